The van der Waals surface area contributed by atoms with Crippen molar-refractivity contribution in [2.24, 2.45) is 11.8 Å². The molecule has 8 nitrogen and oxygen atoms in total. The van der Waals surface area contributed by atoms with Gasteiger partial charge in [-0.25, -0.2) is 0 Å². The van der Waals surface area contributed by atoms with E-state index in [1.54, 1.807) is 24.3 Å². The summed E-state index contributed by atoms with van der Waals surface area (Å²) in [7, 11) is 0. The summed E-state index contributed by atoms with van der Waals surface area (Å²) in [6, 6.07) is 15.1. The van der Waals surface area contributed by atoms with Gasteiger partial charge < -0.3 is 9.80 Å². The minimum atomic E-state index is -0.130. The van der Waals surface area contributed by atoms with Crippen molar-refractivity contribution in [3.63, 3.8) is 0 Å². The summed E-state index contributed by atoms with van der Waals surface area (Å²) in [6.45, 7) is 4.62. The summed E-state index contributed by atoms with van der Waals surface area (Å²) >= 11 is 37.6. The second-order valence-electron chi connectivity index (χ2n) is 14.6. The van der Waals surface area contributed by atoms with Gasteiger partial charge in [0.05, 0.1) is 59.6 Å². The highest BCUT2D eigenvalue weighted by atomic mass is 35.5. The molecule has 288 valence electrons. The number of hydrogen-bond acceptors (Lipinski definition) is 6. The van der Waals surface area contributed by atoms with Crippen molar-refractivity contribution >= 4 is 81.4 Å². The van der Waals surface area contributed by atoms with Crippen LogP contribution in [-0.4, -0.2) is 43.7 Å². The minimum absolute atomic E-state index is 0.0694. The molecule has 8 rings (SSSR count). The molecule has 2 aliphatic carbocycles. The zero-order chi connectivity index (χ0) is 40.0. The van der Waals surface area contributed by atoms with Gasteiger partial charge in [-0.2, -0.15) is 10.5 Å². The molecular formula is C42H36Cl6N6O2. The Hall–Kier alpha value is -3.60. The van der Waals surface area contributed by atoms with Crippen molar-refractivity contribution in [3.8, 4) is 34.4 Å². The largest absolute Gasteiger partial charge is 0.328 e. The smallest absolute Gasteiger partial charge is 0.257 e. The van der Waals surface area contributed by atoms with Crippen LogP contribution in [0.4, 0.5) is 0 Å². The maximum Gasteiger partial charge on any atom is 0.257 e. The second kappa shape index (κ2) is 16.7. The van der Waals surface area contributed by atoms with Crippen molar-refractivity contribution < 1.29 is 9.59 Å². The molecule has 0 saturated heterocycles. The van der Waals surface area contributed by atoms with Crippen molar-refractivity contribution in [2.75, 3.05) is 0 Å². The van der Waals surface area contributed by atoms with Crippen molar-refractivity contribution in [2.45, 2.75) is 89.3 Å². The van der Waals surface area contributed by atoms with Crippen molar-refractivity contribution in [1.82, 2.24) is 19.8 Å². The van der Waals surface area contributed by atoms with E-state index in [0.29, 0.717) is 44.3 Å². The molecule has 4 aliphatic rings. The van der Waals surface area contributed by atoms with E-state index in [4.69, 9.17) is 69.6 Å². The lowest BCUT2D eigenvalue weighted by Gasteiger charge is -2.26. The van der Waals surface area contributed by atoms with Gasteiger partial charge in [0.15, 0.2) is 0 Å². The quantitative estimate of drug-likeness (QED) is 0.178. The maximum absolute atomic E-state index is 13.5. The molecule has 0 radical (unpaired) electrons. The molecule has 0 N–H and O–H groups in total. The molecule has 2 aromatic carbocycles. The van der Waals surface area contributed by atoms with Gasteiger partial charge in [0.25, 0.3) is 11.8 Å². The molecule has 4 heterocycles. The molecule has 0 spiro atoms. The lowest BCUT2D eigenvalue weighted by Crippen LogP contribution is -2.37. The zero-order valence-electron chi connectivity index (χ0n) is 30.6. The number of carbonyl (C=O) groups is 2. The van der Waals surface area contributed by atoms with Gasteiger partial charge in [-0.3, -0.25) is 19.6 Å². The predicted octanol–water partition coefficient (Wildman–Crippen LogP) is 11.5. The van der Waals surface area contributed by atoms with Gasteiger partial charge in [0, 0.05) is 77.6 Å². The summed E-state index contributed by atoms with van der Waals surface area (Å²) in [5.74, 6) is -0.0107. The van der Waals surface area contributed by atoms with E-state index in [0.717, 1.165) is 94.7 Å². The first-order valence-electron chi connectivity index (χ1n) is 18.4. The van der Waals surface area contributed by atoms with E-state index in [1.807, 2.05) is 35.8 Å². The topological polar surface area (TPSA) is 114 Å². The molecule has 56 heavy (non-hydrogen) atoms. The Morgan fingerprint density at radius 2 is 1.04 bits per heavy atom. The van der Waals surface area contributed by atoms with E-state index in [2.05, 4.69) is 22.1 Å². The van der Waals surface area contributed by atoms with Gasteiger partial charge in [0.1, 0.15) is 0 Å². The fraction of sp³-hybridized carbons (Fsp3) is 0.381. The van der Waals surface area contributed by atoms with Crippen LogP contribution in [0.25, 0.3) is 22.3 Å². The molecule has 2 aromatic heterocycles. The number of hydrogen-bond donors (Lipinski definition) is 0. The van der Waals surface area contributed by atoms with Crippen LogP contribution in [0.5, 0.6) is 0 Å². The molecule has 4 atom stereocenters. The third-order valence-corrected chi connectivity index (χ3v) is 13.1. The molecule has 2 saturated carbocycles. The number of pyridine rings is 2. The summed E-state index contributed by atoms with van der Waals surface area (Å²) in [6.07, 6.45) is 5.26. The number of aromatic nitrogens is 2. The molecule has 2 unspecified atom stereocenters. The fourth-order valence-electron chi connectivity index (χ4n) is 8.82. The van der Waals surface area contributed by atoms with Gasteiger partial charge in [-0.15, -0.1) is 23.2 Å². The average molecular weight is 870 g/mol. The molecule has 14 heteroatoms. The highest BCUT2D eigenvalue weighted by molar-refractivity contribution is 6.37. The van der Waals surface area contributed by atoms with Crippen LogP contribution in [0.1, 0.15) is 93.1 Å². The van der Waals surface area contributed by atoms with Crippen LogP contribution in [0.3, 0.4) is 0 Å². The van der Waals surface area contributed by atoms with Crippen LogP contribution in [0, 0.1) is 48.3 Å². The maximum atomic E-state index is 13.5. The molecule has 2 fully saturated rings. The number of nitriles is 2. The van der Waals surface area contributed by atoms with Crippen molar-refractivity contribution in [1.29, 1.82) is 10.5 Å². The zero-order valence-corrected chi connectivity index (χ0v) is 35.1. The third kappa shape index (κ3) is 7.23. The Labute approximate surface area is 356 Å². The van der Waals surface area contributed by atoms with Gasteiger partial charge in [-0.1, -0.05) is 58.5 Å². The van der Waals surface area contributed by atoms with Crippen LogP contribution < -0.4 is 0 Å². The first-order chi connectivity index (χ1) is 26.9. The molecule has 4 aromatic rings. The Kier molecular flexibility index (Phi) is 12.1. The fourth-order valence-corrected chi connectivity index (χ4v) is 10.5. The normalized spacial score (nSPS) is 21.1. The molecule has 0 bridgehead atoms. The third-order valence-electron chi connectivity index (χ3n) is 11.5. The number of benzene rings is 2. The van der Waals surface area contributed by atoms with E-state index in [1.165, 1.54) is 0 Å². The van der Waals surface area contributed by atoms with E-state index in [9.17, 15) is 20.1 Å². The van der Waals surface area contributed by atoms with Crippen LogP contribution >= 0.6 is 69.6 Å². The number of aryl methyl sites for hydroxylation is 2. The van der Waals surface area contributed by atoms with E-state index in [-0.39, 0.29) is 47.5 Å². The van der Waals surface area contributed by atoms with E-state index < -0.39 is 0 Å². The van der Waals surface area contributed by atoms with Gasteiger partial charge in [-0.05, 0) is 87.8 Å². The highest BCUT2D eigenvalue weighted by Gasteiger charge is 2.43. The molecule has 2 amide bonds. The standard InChI is InChI=1S/2C21H18Cl3N3O/c2*1-11-15(8-22)19(14-6-5-13(23)7-16(14)24)20-17(26-11)10-27(21(20)28)18-4-2-3-12(18)9-25/h2*5-7,12,18H,2-4,8,10H2,1H3/t2*12-,18?/m00/s1. The Bertz CT molecular complexity index is 2190. The minimum Gasteiger partial charge on any atom is -0.328 e. The predicted molar refractivity (Wildman–Crippen MR) is 221 cm³/mol. The summed E-state index contributed by atoms with van der Waals surface area (Å²) in [4.78, 5) is 39.9. The molecular weight excluding hydrogens is 833 g/mol. The Morgan fingerprint density at radius 3 is 1.38 bits per heavy atom. The summed E-state index contributed by atoms with van der Waals surface area (Å²) in [5.41, 5.74) is 8.62. The lowest BCUT2D eigenvalue weighted by atomic mass is 9.93. The van der Waals surface area contributed by atoms with Crippen LogP contribution in [-0.2, 0) is 24.8 Å². The Morgan fingerprint density at radius 1 is 0.643 bits per heavy atom. The lowest BCUT2D eigenvalue weighted by molar-refractivity contribution is 0.0675. The summed E-state index contributed by atoms with van der Waals surface area (Å²) in [5, 5.41) is 20.9. The number of amides is 2. The number of nitrogens with zero attached hydrogens (tertiary/aromatic N) is 6. The number of alkyl halides is 2. The van der Waals surface area contributed by atoms with Gasteiger partial charge >= 0.3 is 0 Å². The number of halogens is 6. The number of rotatable bonds is 6. The van der Waals surface area contributed by atoms with Crippen molar-refractivity contribution in [3.05, 3.63) is 102 Å². The average Bonchev–Trinajstić information content (AvgIpc) is 3.97. The van der Waals surface area contributed by atoms with Gasteiger partial charge in [0.2, 0.25) is 0 Å². The first-order valence-corrected chi connectivity index (χ1v) is 21.0. The monoisotopic (exact) mass is 866 g/mol. The highest BCUT2D eigenvalue weighted by Crippen LogP contribution is 2.45. The Balaban J connectivity index is 0.000000172. The second-order valence-corrected chi connectivity index (χ2v) is 16.8. The van der Waals surface area contributed by atoms with Crippen LogP contribution in [0.2, 0.25) is 20.1 Å². The van der Waals surface area contributed by atoms with E-state index >= 15 is 0 Å². The SMILES string of the molecule is Cc1nc2c(c(-c3ccc(Cl)cc3Cl)c1CCl)C(=O)N(C1CCC[C@H]1C#N)C2.Cc1nc2c(c(-c3ccc(Cl)cc3Cl)c1CCl)C(=O)N(C1CCC[C@H]1C#N)C2. The number of carbonyl (C=O) groups excluding carboxylic acids is 2. The first kappa shape index (κ1) is 40.6. The summed E-state index contributed by atoms with van der Waals surface area (Å²) < 4.78 is 0. The van der Waals surface area contributed by atoms with Crippen LogP contribution in [0.15, 0.2) is 36.4 Å². The molecule has 2 aliphatic heterocycles. The number of fused-ring (bicyclic) bond motifs is 2.